The van der Waals surface area contributed by atoms with Gasteiger partial charge in [-0.1, -0.05) is 22.0 Å². The summed E-state index contributed by atoms with van der Waals surface area (Å²) in [6.45, 7) is 1.82. The minimum atomic E-state index is -0.734. The highest BCUT2D eigenvalue weighted by molar-refractivity contribution is 9.11. The molecule has 0 aliphatic carbocycles. The fourth-order valence-corrected chi connectivity index (χ4v) is 3.72. The van der Waals surface area contributed by atoms with Crippen LogP contribution in [0.2, 0.25) is 0 Å². The first-order valence-electron chi connectivity index (χ1n) is 8.56. The van der Waals surface area contributed by atoms with Crippen molar-refractivity contribution in [2.45, 2.75) is 6.92 Å². The molecule has 0 unspecified atom stereocenters. The van der Waals surface area contributed by atoms with Crippen LogP contribution >= 0.6 is 31.9 Å². The average molecular weight is 535 g/mol. The summed E-state index contributed by atoms with van der Waals surface area (Å²) in [5.41, 5.74) is 4.01. The van der Waals surface area contributed by atoms with Crippen molar-refractivity contribution in [2.24, 2.45) is 5.10 Å². The maximum Gasteiger partial charge on any atom is 0.343 e. The monoisotopic (exact) mass is 533 g/mol. The van der Waals surface area contributed by atoms with Crippen molar-refractivity contribution in [1.82, 2.24) is 10.4 Å². The highest BCUT2D eigenvalue weighted by Gasteiger charge is 2.16. The molecule has 152 valence electrons. The SMILES string of the molecule is Cc1ccc(C(=O)N/N=C\c2cc(Br)cc(Br)c2OC(=O)c2cccc(F)c2)cn1. The number of hydrogen-bond acceptors (Lipinski definition) is 5. The molecule has 9 heteroatoms. The Hall–Kier alpha value is -2.91. The number of pyridine rings is 1. The molecule has 0 aliphatic rings. The van der Waals surface area contributed by atoms with Crippen LogP contribution in [-0.4, -0.2) is 23.1 Å². The van der Waals surface area contributed by atoms with Crippen LogP contribution in [0.1, 0.15) is 32.0 Å². The normalized spacial score (nSPS) is 10.8. The minimum Gasteiger partial charge on any atom is -0.421 e. The number of esters is 1. The molecule has 2 aromatic carbocycles. The maximum atomic E-state index is 13.4. The lowest BCUT2D eigenvalue weighted by atomic mass is 10.2. The fraction of sp³-hybridized carbons (Fsp3) is 0.0476. The van der Waals surface area contributed by atoms with E-state index >= 15 is 0 Å². The molecule has 1 amide bonds. The Morgan fingerprint density at radius 3 is 2.63 bits per heavy atom. The molecule has 0 fully saturated rings. The Bertz CT molecular complexity index is 1130. The predicted octanol–water partition coefficient (Wildman–Crippen LogP) is 5.04. The van der Waals surface area contributed by atoms with Gasteiger partial charge in [0.25, 0.3) is 5.91 Å². The van der Waals surface area contributed by atoms with Gasteiger partial charge in [0, 0.05) is 21.9 Å². The summed E-state index contributed by atoms with van der Waals surface area (Å²) >= 11 is 6.69. The van der Waals surface area contributed by atoms with E-state index in [0.717, 1.165) is 11.8 Å². The molecular weight excluding hydrogens is 521 g/mol. The third kappa shape index (κ3) is 5.58. The molecule has 3 aromatic rings. The van der Waals surface area contributed by atoms with E-state index in [-0.39, 0.29) is 11.3 Å². The van der Waals surface area contributed by atoms with Crippen molar-refractivity contribution in [3.05, 3.63) is 91.9 Å². The fourth-order valence-electron chi connectivity index (χ4n) is 2.38. The molecule has 1 aromatic heterocycles. The number of hydrazone groups is 1. The van der Waals surface area contributed by atoms with Gasteiger partial charge in [0.2, 0.25) is 0 Å². The highest BCUT2D eigenvalue weighted by atomic mass is 79.9. The molecule has 1 heterocycles. The second-order valence-corrected chi connectivity index (χ2v) is 7.86. The van der Waals surface area contributed by atoms with Crippen LogP contribution in [0.25, 0.3) is 0 Å². The number of nitrogens with zero attached hydrogens (tertiary/aromatic N) is 2. The van der Waals surface area contributed by atoms with E-state index in [1.165, 1.54) is 30.6 Å². The van der Waals surface area contributed by atoms with Crippen LogP contribution in [-0.2, 0) is 0 Å². The van der Waals surface area contributed by atoms with E-state index in [1.54, 1.807) is 24.3 Å². The molecule has 0 saturated heterocycles. The first-order valence-corrected chi connectivity index (χ1v) is 10.1. The average Bonchev–Trinajstić information content (AvgIpc) is 2.70. The number of rotatable bonds is 5. The van der Waals surface area contributed by atoms with Crippen molar-refractivity contribution in [2.75, 3.05) is 0 Å². The Kier molecular flexibility index (Phi) is 7.07. The van der Waals surface area contributed by atoms with Crippen LogP contribution in [0.5, 0.6) is 5.75 Å². The van der Waals surface area contributed by atoms with Gasteiger partial charge in [-0.15, -0.1) is 0 Å². The van der Waals surface area contributed by atoms with Crippen molar-refractivity contribution >= 4 is 50.0 Å². The number of hydrogen-bond donors (Lipinski definition) is 1. The Balaban J connectivity index is 1.80. The summed E-state index contributed by atoms with van der Waals surface area (Å²) in [5.74, 6) is -1.55. The van der Waals surface area contributed by atoms with Crippen molar-refractivity contribution in [3.8, 4) is 5.75 Å². The van der Waals surface area contributed by atoms with Gasteiger partial charge in [0.05, 0.1) is 21.8 Å². The van der Waals surface area contributed by atoms with Crippen molar-refractivity contribution in [3.63, 3.8) is 0 Å². The van der Waals surface area contributed by atoms with Gasteiger partial charge in [-0.3, -0.25) is 9.78 Å². The van der Waals surface area contributed by atoms with E-state index in [2.05, 4.69) is 47.4 Å². The molecule has 0 saturated carbocycles. The zero-order valence-electron chi connectivity index (χ0n) is 15.5. The molecule has 0 atom stereocenters. The molecule has 1 N–H and O–H groups in total. The van der Waals surface area contributed by atoms with E-state index in [9.17, 15) is 14.0 Å². The van der Waals surface area contributed by atoms with Gasteiger partial charge in [0.1, 0.15) is 5.82 Å². The molecule has 0 radical (unpaired) electrons. The van der Waals surface area contributed by atoms with Crippen LogP contribution in [0, 0.1) is 12.7 Å². The number of halogens is 3. The molecule has 0 bridgehead atoms. The van der Waals surface area contributed by atoms with Gasteiger partial charge >= 0.3 is 5.97 Å². The van der Waals surface area contributed by atoms with Crippen molar-refractivity contribution < 1.29 is 18.7 Å². The molecule has 0 spiro atoms. The number of amides is 1. The molecule has 30 heavy (non-hydrogen) atoms. The maximum absolute atomic E-state index is 13.4. The Morgan fingerprint density at radius 1 is 1.13 bits per heavy atom. The summed E-state index contributed by atoms with van der Waals surface area (Å²) in [4.78, 5) is 28.6. The quantitative estimate of drug-likeness (QED) is 0.215. The van der Waals surface area contributed by atoms with Crippen LogP contribution in [0.4, 0.5) is 4.39 Å². The second-order valence-electron chi connectivity index (χ2n) is 6.09. The molecular formula is C21H14Br2FN3O3. The largest absolute Gasteiger partial charge is 0.421 e. The lowest BCUT2D eigenvalue weighted by Gasteiger charge is -2.10. The molecule has 0 aliphatic heterocycles. The lowest BCUT2D eigenvalue weighted by molar-refractivity contribution is 0.0732. The van der Waals surface area contributed by atoms with Crippen LogP contribution < -0.4 is 10.2 Å². The van der Waals surface area contributed by atoms with Gasteiger partial charge in [-0.25, -0.2) is 14.6 Å². The van der Waals surface area contributed by atoms with Gasteiger partial charge < -0.3 is 4.74 Å². The highest BCUT2D eigenvalue weighted by Crippen LogP contribution is 2.32. The molecule has 6 nitrogen and oxygen atoms in total. The predicted molar refractivity (Wildman–Crippen MR) is 117 cm³/mol. The number of nitrogens with one attached hydrogen (secondary N) is 1. The number of aryl methyl sites for hydroxylation is 1. The number of ether oxygens (including phenoxy) is 1. The first kappa shape index (κ1) is 21.8. The topological polar surface area (TPSA) is 80.6 Å². The van der Waals surface area contributed by atoms with Gasteiger partial charge in [-0.2, -0.15) is 5.10 Å². The number of carbonyl (C=O) groups is 2. The summed E-state index contributed by atoms with van der Waals surface area (Å²) in [7, 11) is 0. The van der Waals surface area contributed by atoms with E-state index in [1.807, 2.05) is 6.92 Å². The second kappa shape index (κ2) is 9.73. The van der Waals surface area contributed by atoms with Gasteiger partial charge in [0.15, 0.2) is 5.75 Å². The summed E-state index contributed by atoms with van der Waals surface area (Å²) in [5, 5.41) is 3.93. The lowest BCUT2D eigenvalue weighted by Crippen LogP contribution is -2.18. The third-order valence-corrected chi connectivity index (χ3v) is 4.88. The summed E-state index contributed by atoms with van der Waals surface area (Å²) in [6.07, 6.45) is 2.78. The molecule has 3 rings (SSSR count). The van der Waals surface area contributed by atoms with Crippen LogP contribution in [0.15, 0.2) is 68.8 Å². The van der Waals surface area contributed by atoms with E-state index in [0.29, 0.717) is 20.1 Å². The Labute approximate surface area is 188 Å². The number of aromatic nitrogens is 1. The summed E-state index contributed by atoms with van der Waals surface area (Å²) < 4.78 is 20.0. The van der Waals surface area contributed by atoms with Gasteiger partial charge in [-0.05, 0) is 65.3 Å². The summed E-state index contributed by atoms with van der Waals surface area (Å²) in [6, 6.07) is 11.9. The minimum absolute atomic E-state index is 0.0629. The van der Waals surface area contributed by atoms with E-state index in [4.69, 9.17) is 4.74 Å². The zero-order chi connectivity index (χ0) is 21.7. The first-order chi connectivity index (χ1) is 14.3. The third-order valence-electron chi connectivity index (χ3n) is 3.84. The standard InChI is InChI=1S/C21H14Br2FN3O3/c1-12-5-6-14(10-25-12)20(28)27-26-11-15-7-16(22)9-18(23)19(15)30-21(29)13-3-2-4-17(24)8-13/h2-11H,1H3,(H,27,28)/b26-11-. The van der Waals surface area contributed by atoms with Crippen LogP contribution in [0.3, 0.4) is 0 Å². The number of benzene rings is 2. The Morgan fingerprint density at radius 2 is 1.93 bits per heavy atom. The zero-order valence-corrected chi connectivity index (χ0v) is 18.7. The van der Waals surface area contributed by atoms with E-state index < -0.39 is 17.7 Å². The number of carbonyl (C=O) groups excluding carboxylic acids is 2. The smallest absolute Gasteiger partial charge is 0.343 e. The van der Waals surface area contributed by atoms with Crippen molar-refractivity contribution in [1.29, 1.82) is 0 Å².